The molecule has 0 bridgehead atoms. The number of nitriles is 1. The van der Waals surface area contributed by atoms with Gasteiger partial charge in [0.1, 0.15) is 18.2 Å². The second kappa shape index (κ2) is 8.21. The first kappa shape index (κ1) is 21.1. The van der Waals surface area contributed by atoms with Crippen molar-refractivity contribution in [1.82, 2.24) is 4.98 Å². The van der Waals surface area contributed by atoms with E-state index in [0.29, 0.717) is 16.8 Å². The van der Waals surface area contributed by atoms with Crippen molar-refractivity contribution in [2.45, 2.75) is 33.3 Å². The number of aryl methyl sites for hydroxylation is 1. The van der Waals surface area contributed by atoms with Gasteiger partial charge in [0.25, 0.3) is 5.56 Å². The number of nitrogens with one attached hydrogen (secondary N) is 1. The Bertz CT molecular complexity index is 1030. The van der Waals surface area contributed by atoms with Crippen molar-refractivity contribution in [2.75, 3.05) is 0 Å². The number of hydrogen-bond acceptors (Lipinski definition) is 4. The van der Waals surface area contributed by atoms with E-state index in [4.69, 9.17) is 5.26 Å². The predicted octanol–water partition coefficient (Wildman–Crippen LogP) is 3.23. The molecule has 1 aromatic heterocycles. The van der Waals surface area contributed by atoms with Crippen LogP contribution in [0, 0.1) is 54.3 Å². The second-order valence-corrected chi connectivity index (χ2v) is 5.88. The topological polar surface area (TPSA) is 83.0 Å². The third kappa shape index (κ3) is 3.88. The van der Waals surface area contributed by atoms with Crippen molar-refractivity contribution in [3.05, 3.63) is 67.4 Å². The molecule has 0 unspecified atom stereocenters. The maximum atomic E-state index is 13.6. The lowest BCUT2D eigenvalue weighted by Crippen LogP contribution is -2.17. The molecule has 2 aromatic rings. The number of nitrogens with zero attached hydrogens (tertiary/aromatic N) is 1. The lowest BCUT2D eigenvalue weighted by Gasteiger charge is -2.11. The van der Waals surface area contributed by atoms with Crippen molar-refractivity contribution in [3.63, 3.8) is 0 Å². The van der Waals surface area contributed by atoms with Crippen LogP contribution in [-0.2, 0) is 22.6 Å². The van der Waals surface area contributed by atoms with Crippen LogP contribution in [0.25, 0.3) is 0 Å². The number of rotatable bonds is 5. The van der Waals surface area contributed by atoms with Crippen molar-refractivity contribution in [1.29, 1.82) is 5.26 Å². The number of pyridine rings is 1. The number of carbonyl (C=O) groups excluding carboxylic acids is 1. The van der Waals surface area contributed by atoms with Crippen molar-refractivity contribution in [3.8, 4) is 6.07 Å². The maximum Gasteiger partial charge on any atom is 0.306 e. The van der Waals surface area contributed by atoms with Crippen molar-refractivity contribution in [2.24, 2.45) is 0 Å². The number of aromatic nitrogens is 1. The van der Waals surface area contributed by atoms with E-state index in [2.05, 4.69) is 9.72 Å². The molecule has 0 spiro atoms. The summed E-state index contributed by atoms with van der Waals surface area (Å²) in [5.74, 6) is -11.7. The number of esters is 1. The Balaban J connectivity index is 2.12. The van der Waals surface area contributed by atoms with E-state index in [9.17, 15) is 31.5 Å². The van der Waals surface area contributed by atoms with Crippen LogP contribution in [0.15, 0.2) is 4.79 Å². The first-order valence-corrected chi connectivity index (χ1v) is 7.88. The fraction of sp³-hybridized carbons (Fsp3) is 0.278. The highest BCUT2D eigenvalue weighted by Gasteiger charge is 2.26. The molecule has 1 heterocycles. The maximum absolute atomic E-state index is 13.6. The predicted molar refractivity (Wildman–Crippen MR) is 85.6 cm³/mol. The van der Waals surface area contributed by atoms with Crippen molar-refractivity contribution >= 4 is 5.97 Å². The summed E-state index contributed by atoms with van der Waals surface area (Å²) < 4.78 is 71.0. The highest BCUT2D eigenvalue weighted by atomic mass is 19.2. The van der Waals surface area contributed by atoms with E-state index in [1.54, 1.807) is 13.0 Å². The quantitative estimate of drug-likeness (QED) is 0.362. The van der Waals surface area contributed by atoms with Gasteiger partial charge in [0.2, 0.25) is 5.82 Å². The zero-order chi connectivity index (χ0) is 21.2. The molecule has 148 valence electrons. The summed E-state index contributed by atoms with van der Waals surface area (Å²) in [6.45, 7) is 1.94. The van der Waals surface area contributed by atoms with Crippen LogP contribution in [0.3, 0.4) is 0 Å². The van der Waals surface area contributed by atoms with Gasteiger partial charge in [-0.25, -0.2) is 22.0 Å². The van der Waals surface area contributed by atoms with Crippen LogP contribution < -0.4 is 5.56 Å². The number of ether oxygens (including phenoxy) is 1. The molecule has 0 saturated heterocycles. The Kier molecular flexibility index (Phi) is 6.18. The van der Waals surface area contributed by atoms with Crippen LogP contribution in [0.4, 0.5) is 22.0 Å². The van der Waals surface area contributed by atoms with Gasteiger partial charge in [-0.1, -0.05) is 0 Å². The Hall–Kier alpha value is -3.22. The Morgan fingerprint density at radius 3 is 2.07 bits per heavy atom. The fourth-order valence-corrected chi connectivity index (χ4v) is 2.65. The summed E-state index contributed by atoms with van der Waals surface area (Å²) in [5.41, 5.74) is -0.645. The van der Waals surface area contributed by atoms with E-state index in [1.165, 1.54) is 6.92 Å². The number of carbonyl (C=O) groups is 1. The molecule has 0 fully saturated rings. The SMILES string of the molecule is Cc1[nH]c(=O)c(C#N)c(C)c1CCC(=O)OCc1c(F)c(F)c(F)c(F)c1F. The van der Waals surface area contributed by atoms with Gasteiger partial charge >= 0.3 is 5.97 Å². The third-order valence-electron chi connectivity index (χ3n) is 4.18. The summed E-state index contributed by atoms with van der Waals surface area (Å²) >= 11 is 0. The van der Waals surface area contributed by atoms with Gasteiger partial charge in [0, 0.05) is 12.1 Å². The Labute approximate surface area is 155 Å². The van der Waals surface area contributed by atoms with Gasteiger partial charge in [0.05, 0.1) is 5.56 Å². The summed E-state index contributed by atoms with van der Waals surface area (Å²) in [7, 11) is 0. The number of H-pyrrole nitrogens is 1. The van der Waals surface area contributed by atoms with E-state index in [-0.39, 0.29) is 18.4 Å². The zero-order valence-corrected chi connectivity index (χ0v) is 14.7. The van der Waals surface area contributed by atoms with Crippen LogP contribution in [0.5, 0.6) is 0 Å². The van der Waals surface area contributed by atoms with Crippen LogP contribution in [0.2, 0.25) is 0 Å². The number of benzene rings is 1. The molecule has 28 heavy (non-hydrogen) atoms. The first-order valence-electron chi connectivity index (χ1n) is 7.88. The first-order chi connectivity index (χ1) is 13.1. The van der Waals surface area contributed by atoms with E-state index >= 15 is 0 Å². The smallest absolute Gasteiger partial charge is 0.306 e. The average Bonchev–Trinajstić information content (AvgIpc) is 2.64. The van der Waals surface area contributed by atoms with Gasteiger partial charge in [-0.3, -0.25) is 9.59 Å². The van der Waals surface area contributed by atoms with Gasteiger partial charge in [-0.2, -0.15) is 5.26 Å². The monoisotopic (exact) mass is 400 g/mol. The molecule has 0 radical (unpaired) electrons. The summed E-state index contributed by atoms with van der Waals surface area (Å²) in [5, 5.41) is 9.00. The molecule has 2 rings (SSSR count). The van der Waals surface area contributed by atoms with Crippen LogP contribution >= 0.6 is 0 Å². The molecule has 0 saturated carbocycles. The van der Waals surface area contributed by atoms with Crippen LogP contribution in [-0.4, -0.2) is 11.0 Å². The summed E-state index contributed by atoms with van der Waals surface area (Å²) in [6.07, 6.45) is -0.285. The second-order valence-electron chi connectivity index (χ2n) is 5.88. The molecule has 0 atom stereocenters. The lowest BCUT2D eigenvalue weighted by atomic mass is 9.99. The molecular formula is C18H13F5N2O3. The molecule has 0 aliphatic carbocycles. The molecule has 0 amide bonds. The zero-order valence-electron chi connectivity index (χ0n) is 14.7. The molecular weight excluding hydrogens is 387 g/mol. The van der Waals surface area contributed by atoms with E-state index in [0.717, 1.165) is 0 Å². The van der Waals surface area contributed by atoms with Gasteiger partial charge in [-0.05, 0) is 31.4 Å². The summed E-state index contributed by atoms with van der Waals surface area (Å²) in [6, 6.07) is 1.75. The minimum Gasteiger partial charge on any atom is -0.461 e. The fourth-order valence-electron chi connectivity index (χ4n) is 2.65. The minimum atomic E-state index is -2.30. The average molecular weight is 400 g/mol. The molecule has 10 heteroatoms. The van der Waals surface area contributed by atoms with Crippen LogP contribution in [0.1, 0.15) is 34.4 Å². The molecule has 0 aliphatic heterocycles. The van der Waals surface area contributed by atoms with E-state index in [1.807, 2.05) is 0 Å². The number of hydrogen-bond donors (Lipinski definition) is 1. The number of halogens is 5. The molecule has 5 nitrogen and oxygen atoms in total. The largest absolute Gasteiger partial charge is 0.461 e. The minimum absolute atomic E-state index is 0.0268. The third-order valence-corrected chi connectivity index (χ3v) is 4.18. The standard InChI is InChI=1S/C18H13F5N2O3/c1-7-9(8(2)25-18(27)10(7)5-24)3-4-12(26)28-6-11-13(19)15(21)17(23)16(22)14(11)20/h3-4,6H2,1-2H3,(H,25,27). The van der Waals surface area contributed by atoms with E-state index < -0.39 is 52.8 Å². The highest BCUT2D eigenvalue weighted by Crippen LogP contribution is 2.24. The van der Waals surface area contributed by atoms with Crippen molar-refractivity contribution < 1.29 is 31.5 Å². The molecule has 0 aliphatic rings. The lowest BCUT2D eigenvalue weighted by molar-refractivity contribution is -0.145. The molecule has 1 N–H and O–H groups in total. The molecule has 1 aromatic carbocycles. The Morgan fingerprint density at radius 1 is 1.00 bits per heavy atom. The Morgan fingerprint density at radius 2 is 1.54 bits per heavy atom. The summed E-state index contributed by atoms with van der Waals surface area (Å²) in [4.78, 5) is 25.9. The number of aromatic amines is 1. The van der Waals surface area contributed by atoms with Gasteiger partial charge < -0.3 is 9.72 Å². The highest BCUT2D eigenvalue weighted by molar-refractivity contribution is 5.70. The van der Waals surface area contributed by atoms with Gasteiger partial charge in [0.15, 0.2) is 23.3 Å². The normalized spacial score (nSPS) is 10.6. The van der Waals surface area contributed by atoms with Gasteiger partial charge in [-0.15, -0.1) is 0 Å².